The van der Waals surface area contributed by atoms with E-state index in [2.05, 4.69) is 5.32 Å². The van der Waals surface area contributed by atoms with Gasteiger partial charge in [0, 0.05) is 11.3 Å². The summed E-state index contributed by atoms with van der Waals surface area (Å²) in [7, 11) is 0. The number of fused-ring (bicyclic) bond motifs is 1. The zero-order valence-corrected chi connectivity index (χ0v) is 16.0. The number of halogens is 3. The molecule has 0 unspecified atom stereocenters. The summed E-state index contributed by atoms with van der Waals surface area (Å²) < 4.78 is 42.3. The van der Waals surface area contributed by atoms with Crippen molar-refractivity contribution in [2.75, 3.05) is 18.5 Å². The van der Waals surface area contributed by atoms with E-state index in [1.165, 1.54) is 12.1 Å². The highest BCUT2D eigenvalue weighted by molar-refractivity contribution is 5.98. The Balaban J connectivity index is 1.61. The van der Waals surface area contributed by atoms with E-state index in [9.17, 15) is 22.8 Å². The van der Waals surface area contributed by atoms with Crippen molar-refractivity contribution < 1.29 is 27.5 Å². The largest absolute Gasteiger partial charge is 0.484 e. The summed E-state index contributed by atoms with van der Waals surface area (Å²) >= 11 is 0. The van der Waals surface area contributed by atoms with Crippen molar-refractivity contribution >= 4 is 28.3 Å². The van der Waals surface area contributed by atoms with Gasteiger partial charge in [-0.25, -0.2) is 0 Å². The molecular weight excluding hydrogens is 397 g/mol. The minimum atomic E-state index is -4.50. The number of amides is 2. The van der Waals surface area contributed by atoms with Crippen molar-refractivity contribution in [3.05, 3.63) is 71.8 Å². The Morgan fingerprint density at radius 2 is 1.70 bits per heavy atom. The van der Waals surface area contributed by atoms with Crippen LogP contribution in [-0.4, -0.2) is 31.1 Å². The summed E-state index contributed by atoms with van der Waals surface area (Å²) in [5, 5.41) is 6.44. The third-order valence-electron chi connectivity index (χ3n) is 4.31. The molecule has 0 spiro atoms. The fraction of sp³-hybridized carbons (Fsp3) is 0.182. The predicted octanol–water partition coefficient (Wildman–Crippen LogP) is 4.46. The SMILES string of the molecule is Cc1ccc(C(=O)NCC(F)(F)F)cc1NC(=O)COc1ccc2ccccc2c1. The molecule has 3 rings (SSSR count). The fourth-order valence-electron chi connectivity index (χ4n) is 2.77. The van der Waals surface area contributed by atoms with Crippen LogP contribution in [0.4, 0.5) is 18.9 Å². The summed E-state index contributed by atoms with van der Waals surface area (Å²) in [5.74, 6) is -0.810. The third-order valence-corrected chi connectivity index (χ3v) is 4.31. The van der Waals surface area contributed by atoms with E-state index >= 15 is 0 Å². The van der Waals surface area contributed by atoms with E-state index in [1.807, 2.05) is 36.4 Å². The minimum Gasteiger partial charge on any atom is -0.484 e. The number of benzene rings is 3. The molecule has 8 heteroatoms. The Hall–Kier alpha value is -3.55. The van der Waals surface area contributed by atoms with E-state index in [4.69, 9.17) is 4.74 Å². The molecule has 0 aliphatic heterocycles. The second kappa shape index (κ2) is 8.86. The Labute approximate surface area is 170 Å². The van der Waals surface area contributed by atoms with Gasteiger partial charge in [0.25, 0.3) is 11.8 Å². The molecule has 3 aromatic carbocycles. The number of alkyl halides is 3. The standard InChI is InChI=1S/C22H19F3N2O3/c1-14-6-7-17(21(29)26-13-22(23,24)25)11-19(14)27-20(28)12-30-18-9-8-15-4-2-3-5-16(15)10-18/h2-11H,12-13H2,1H3,(H,26,29)(H,27,28). The number of ether oxygens (including phenoxy) is 1. The second-order valence-electron chi connectivity index (χ2n) is 6.67. The summed E-state index contributed by atoms with van der Waals surface area (Å²) in [6.45, 7) is 0.0144. The minimum absolute atomic E-state index is 0.00981. The van der Waals surface area contributed by atoms with Crippen LogP contribution in [0.1, 0.15) is 15.9 Å². The molecule has 0 aromatic heterocycles. The van der Waals surface area contributed by atoms with Gasteiger partial charge in [-0.2, -0.15) is 13.2 Å². The first-order valence-electron chi connectivity index (χ1n) is 9.08. The maximum atomic E-state index is 12.3. The van der Waals surface area contributed by atoms with Crippen molar-refractivity contribution in [1.29, 1.82) is 0 Å². The van der Waals surface area contributed by atoms with Crippen molar-refractivity contribution in [2.24, 2.45) is 0 Å². The maximum absolute atomic E-state index is 12.3. The molecular formula is C22H19F3N2O3. The van der Waals surface area contributed by atoms with Gasteiger partial charge in [0.1, 0.15) is 12.3 Å². The fourth-order valence-corrected chi connectivity index (χ4v) is 2.77. The lowest BCUT2D eigenvalue weighted by molar-refractivity contribution is -0.123. The quantitative estimate of drug-likeness (QED) is 0.624. The number of carbonyl (C=O) groups excluding carboxylic acids is 2. The molecule has 0 radical (unpaired) electrons. The van der Waals surface area contributed by atoms with E-state index in [-0.39, 0.29) is 12.2 Å². The average Bonchev–Trinajstić information content (AvgIpc) is 2.71. The molecule has 0 aliphatic rings. The molecule has 0 aliphatic carbocycles. The van der Waals surface area contributed by atoms with Crippen molar-refractivity contribution in [1.82, 2.24) is 5.32 Å². The second-order valence-corrected chi connectivity index (χ2v) is 6.67. The van der Waals surface area contributed by atoms with Crippen molar-refractivity contribution in [3.63, 3.8) is 0 Å². The lowest BCUT2D eigenvalue weighted by Crippen LogP contribution is -2.33. The van der Waals surface area contributed by atoms with Crippen LogP contribution in [-0.2, 0) is 4.79 Å². The summed E-state index contributed by atoms with van der Waals surface area (Å²) in [4.78, 5) is 24.2. The summed E-state index contributed by atoms with van der Waals surface area (Å²) in [6.07, 6.45) is -4.50. The number of nitrogens with one attached hydrogen (secondary N) is 2. The summed E-state index contributed by atoms with van der Waals surface area (Å²) in [5.41, 5.74) is 0.985. The van der Waals surface area contributed by atoms with Gasteiger partial charge in [-0.15, -0.1) is 0 Å². The Bertz CT molecular complexity index is 1080. The molecule has 3 aromatic rings. The maximum Gasteiger partial charge on any atom is 0.405 e. The predicted molar refractivity (Wildman–Crippen MR) is 108 cm³/mol. The van der Waals surface area contributed by atoms with Crippen LogP contribution >= 0.6 is 0 Å². The van der Waals surface area contributed by atoms with Gasteiger partial charge in [-0.3, -0.25) is 9.59 Å². The highest BCUT2D eigenvalue weighted by atomic mass is 19.4. The molecule has 5 nitrogen and oxygen atoms in total. The molecule has 0 atom stereocenters. The van der Waals surface area contributed by atoms with Crippen molar-refractivity contribution in [3.8, 4) is 5.75 Å². The number of hydrogen-bond donors (Lipinski definition) is 2. The number of rotatable bonds is 6. The average molecular weight is 416 g/mol. The topological polar surface area (TPSA) is 67.4 Å². The molecule has 0 saturated heterocycles. The molecule has 0 heterocycles. The van der Waals surface area contributed by atoms with E-state index < -0.39 is 24.5 Å². The van der Waals surface area contributed by atoms with Crippen LogP contribution in [0.15, 0.2) is 60.7 Å². The van der Waals surface area contributed by atoms with Crippen LogP contribution in [0.25, 0.3) is 10.8 Å². The van der Waals surface area contributed by atoms with Crippen LogP contribution in [0, 0.1) is 6.92 Å². The highest BCUT2D eigenvalue weighted by Gasteiger charge is 2.28. The molecule has 30 heavy (non-hydrogen) atoms. The monoisotopic (exact) mass is 416 g/mol. The molecule has 0 saturated carbocycles. The molecule has 156 valence electrons. The van der Waals surface area contributed by atoms with Gasteiger partial charge >= 0.3 is 6.18 Å². The number of hydrogen-bond acceptors (Lipinski definition) is 3. The van der Waals surface area contributed by atoms with Crippen LogP contribution in [0.3, 0.4) is 0 Å². The molecule has 2 amide bonds. The number of carbonyl (C=O) groups is 2. The smallest absolute Gasteiger partial charge is 0.405 e. The molecule has 0 fully saturated rings. The van der Waals surface area contributed by atoms with Gasteiger partial charge in [-0.1, -0.05) is 36.4 Å². The lowest BCUT2D eigenvalue weighted by atomic mass is 10.1. The molecule has 2 N–H and O–H groups in total. The Morgan fingerprint density at radius 1 is 0.967 bits per heavy atom. The first-order chi connectivity index (χ1) is 14.2. The van der Waals surface area contributed by atoms with Crippen LogP contribution < -0.4 is 15.4 Å². The van der Waals surface area contributed by atoms with Gasteiger partial charge in [-0.05, 0) is 47.5 Å². The Kier molecular flexibility index (Phi) is 6.25. The van der Waals surface area contributed by atoms with Gasteiger partial charge in [0.05, 0.1) is 0 Å². The van der Waals surface area contributed by atoms with E-state index in [0.717, 1.165) is 10.8 Å². The first-order valence-corrected chi connectivity index (χ1v) is 9.08. The molecule has 0 bridgehead atoms. The Morgan fingerprint density at radius 3 is 2.43 bits per heavy atom. The van der Waals surface area contributed by atoms with Crippen molar-refractivity contribution in [2.45, 2.75) is 13.1 Å². The van der Waals surface area contributed by atoms with Crippen LogP contribution in [0.5, 0.6) is 5.75 Å². The van der Waals surface area contributed by atoms with Gasteiger partial charge < -0.3 is 15.4 Å². The first kappa shape index (κ1) is 21.2. The zero-order valence-electron chi connectivity index (χ0n) is 16.0. The van der Waals surface area contributed by atoms with Gasteiger partial charge in [0.2, 0.25) is 0 Å². The normalized spacial score (nSPS) is 11.2. The van der Waals surface area contributed by atoms with E-state index in [0.29, 0.717) is 17.0 Å². The lowest BCUT2D eigenvalue weighted by Gasteiger charge is -2.12. The third kappa shape index (κ3) is 5.73. The van der Waals surface area contributed by atoms with E-state index in [1.54, 1.807) is 24.4 Å². The number of anilines is 1. The highest BCUT2D eigenvalue weighted by Crippen LogP contribution is 2.21. The van der Waals surface area contributed by atoms with Gasteiger partial charge in [0.15, 0.2) is 6.61 Å². The summed E-state index contributed by atoms with van der Waals surface area (Å²) in [6, 6.07) is 17.4. The van der Waals surface area contributed by atoms with Crippen LogP contribution in [0.2, 0.25) is 0 Å². The number of aryl methyl sites for hydroxylation is 1. The zero-order chi connectivity index (χ0) is 21.7.